The largest absolute Gasteiger partial charge is 0.303 e. The Morgan fingerprint density at radius 1 is 1.33 bits per heavy atom. The quantitative estimate of drug-likeness (QED) is 0.744. The molecule has 76 valence electrons. The molecule has 0 fully saturated rings. The number of aromatic nitrogens is 2. The van der Waals surface area contributed by atoms with Crippen molar-refractivity contribution in [3.05, 3.63) is 47.2 Å². The average molecular weight is 221 g/mol. The van der Waals surface area contributed by atoms with Crippen molar-refractivity contribution in [2.24, 2.45) is 0 Å². The topological polar surface area (TPSA) is 34.9 Å². The van der Waals surface area contributed by atoms with Gasteiger partial charge in [-0.05, 0) is 29.8 Å². The summed E-state index contributed by atoms with van der Waals surface area (Å²) < 4.78 is 1.72. The van der Waals surface area contributed by atoms with Gasteiger partial charge in [-0.15, -0.1) is 0 Å². The zero-order valence-corrected chi connectivity index (χ0v) is 8.69. The first-order chi connectivity index (χ1) is 7.29. The number of carbonyl (C=O) groups excluding carboxylic acids is 1. The van der Waals surface area contributed by atoms with E-state index in [0.717, 1.165) is 17.5 Å². The number of rotatable bonds is 3. The lowest BCUT2D eigenvalue weighted by Crippen LogP contribution is -1.93. The molecule has 0 aliphatic heterocycles. The number of benzene rings is 1. The molecule has 0 bridgehead atoms. The van der Waals surface area contributed by atoms with Crippen LogP contribution in [0.3, 0.4) is 0 Å². The molecule has 15 heavy (non-hydrogen) atoms. The van der Waals surface area contributed by atoms with Crippen molar-refractivity contribution < 1.29 is 4.79 Å². The molecule has 1 heterocycles. The van der Waals surface area contributed by atoms with E-state index in [1.165, 1.54) is 0 Å². The van der Waals surface area contributed by atoms with Gasteiger partial charge < -0.3 is 4.79 Å². The van der Waals surface area contributed by atoms with Crippen LogP contribution in [0.2, 0.25) is 5.02 Å². The Balaban J connectivity index is 2.28. The Labute approximate surface area is 92.3 Å². The predicted molar refractivity (Wildman–Crippen MR) is 58.3 cm³/mol. The lowest BCUT2D eigenvalue weighted by atomic mass is 10.3. The number of nitrogens with zero attached hydrogens (tertiary/aromatic N) is 2. The molecule has 0 N–H and O–H groups in total. The molecule has 0 spiro atoms. The SMILES string of the molecule is O=CCc1cnn(-c2ccc(Cl)cc2)c1. The van der Waals surface area contributed by atoms with Gasteiger partial charge in [0.25, 0.3) is 0 Å². The van der Waals surface area contributed by atoms with Gasteiger partial charge in [0, 0.05) is 17.6 Å². The third-order valence-corrected chi connectivity index (χ3v) is 2.30. The van der Waals surface area contributed by atoms with Crippen molar-refractivity contribution in [2.75, 3.05) is 0 Å². The summed E-state index contributed by atoms with van der Waals surface area (Å²) in [6.07, 6.45) is 4.78. The maximum atomic E-state index is 10.3. The Kier molecular flexibility index (Phi) is 2.83. The van der Waals surface area contributed by atoms with E-state index in [1.807, 2.05) is 18.3 Å². The van der Waals surface area contributed by atoms with Gasteiger partial charge in [0.2, 0.25) is 0 Å². The van der Waals surface area contributed by atoms with Crippen LogP contribution in [0.4, 0.5) is 0 Å². The fourth-order valence-corrected chi connectivity index (χ4v) is 1.42. The van der Waals surface area contributed by atoms with E-state index >= 15 is 0 Å². The maximum Gasteiger partial charge on any atom is 0.124 e. The van der Waals surface area contributed by atoms with Crippen LogP contribution >= 0.6 is 11.6 Å². The van der Waals surface area contributed by atoms with Gasteiger partial charge in [-0.2, -0.15) is 5.10 Å². The van der Waals surface area contributed by atoms with Gasteiger partial charge >= 0.3 is 0 Å². The lowest BCUT2D eigenvalue weighted by molar-refractivity contribution is -0.107. The molecular weight excluding hydrogens is 212 g/mol. The van der Waals surface area contributed by atoms with E-state index in [2.05, 4.69) is 5.10 Å². The van der Waals surface area contributed by atoms with Crippen LogP contribution in [-0.2, 0) is 11.2 Å². The molecule has 0 aliphatic rings. The van der Waals surface area contributed by atoms with Crippen LogP contribution < -0.4 is 0 Å². The van der Waals surface area contributed by atoms with Crippen molar-refractivity contribution in [3.8, 4) is 5.69 Å². The minimum atomic E-state index is 0.396. The zero-order chi connectivity index (χ0) is 10.7. The molecule has 0 amide bonds. The summed E-state index contributed by atoms with van der Waals surface area (Å²) in [6, 6.07) is 7.36. The number of hydrogen-bond acceptors (Lipinski definition) is 2. The van der Waals surface area contributed by atoms with Gasteiger partial charge in [0.05, 0.1) is 11.9 Å². The molecule has 2 rings (SSSR count). The van der Waals surface area contributed by atoms with Crippen molar-refractivity contribution in [3.63, 3.8) is 0 Å². The molecule has 2 aromatic rings. The number of carbonyl (C=O) groups is 1. The van der Waals surface area contributed by atoms with Gasteiger partial charge in [-0.3, -0.25) is 0 Å². The van der Waals surface area contributed by atoms with Gasteiger partial charge in [0.1, 0.15) is 6.29 Å². The second-order valence-electron chi connectivity index (χ2n) is 3.14. The molecule has 0 saturated carbocycles. The van der Waals surface area contributed by atoms with Crippen LogP contribution in [0.15, 0.2) is 36.7 Å². The highest BCUT2D eigenvalue weighted by Crippen LogP contribution is 2.13. The highest BCUT2D eigenvalue weighted by molar-refractivity contribution is 6.30. The van der Waals surface area contributed by atoms with Crippen LogP contribution in [-0.4, -0.2) is 16.1 Å². The Hall–Kier alpha value is -1.61. The molecule has 0 saturated heterocycles. The number of aldehydes is 1. The van der Waals surface area contributed by atoms with Crippen LogP contribution in [0, 0.1) is 0 Å². The lowest BCUT2D eigenvalue weighted by Gasteiger charge is -1.99. The summed E-state index contributed by atoms with van der Waals surface area (Å²) in [7, 11) is 0. The standard InChI is InChI=1S/C11H9ClN2O/c12-10-1-3-11(4-2-10)14-8-9(5-6-15)7-13-14/h1-4,6-8H,5H2. The Morgan fingerprint density at radius 3 is 2.73 bits per heavy atom. The van der Waals surface area contributed by atoms with E-state index in [9.17, 15) is 4.79 Å². The van der Waals surface area contributed by atoms with E-state index in [-0.39, 0.29) is 0 Å². The first-order valence-electron chi connectivity index (χ1n) is 4.53. The summed E-state index contributed by atoms with van der Waals surface area (Å²) in [5.74, 6) is 0. The normalized spacial score (nSPS) is 10.2. The molecule has 1 aromatic carbocycles. The third-order valence-electron chi connectivity index (χ3n) is 2.05. The van der Waals surface area contributed by atoms with E-state index in [4.69, 9.17) is 11.6 Å². The van der Waals surface area contributed by atoms with Gasteiger partial charge in [0.15, 0.2) is 0 Å². The molecule has 0 aliphatic carbocycles. The van der Waals surface area contributed by atoms with Crippen LogP contribution in [0.25, 0.3) is 5.69 Å². The molecule has 1 aromatic heterocycles. The minimum Gasteiger partial charge on any atom is -0.303 e. The van der Waals surface area contributed by atoms with Crippen LogP contribution in [0.1, 0.15) is 5.56 Å². The molecule has 0 unspecified atom stereocenters. The van der Waals surface area contributed by atoms with E-state index in [0.29, 0.717) is 11.4 Å². The smallest absolute Gasteiger partial charge is 0.124 e. The Bertz CT molecular complexity index is 462. The van der Waals surface area contributed by atoms with Crippen molar-refractivity contribution in [1.29, 1.82) is 0 Å². The van der Waals surface area contributed by atoms with Crippen molar-refractivity contribution in [2.45, 2.75) is 6.42 Å². The molecule has 0 atom stereocenters. The average Bonchev–Trinajstić information content (AvgIpc) is 2.68. The van der Waals surface area contributed by atoms with E-state index in [1.54, 1.807) is 23.0 Å². The summed E-state index contributed by atoms with van der Waals surface area (Å²) >= 11 is 5.78. The molecule has 4 heteroatoms. The summed E-state index contributed by atoms with van der Waals surface area (Å²) in [5, 5.41) is 4.84. The second kappa shape index (κ2) is 4.28. The molecule has 3 nitrogen and oxygen atoms in total. The van der Waals surface area contributed by atoms with Gasteiger partial charge in [-0.1, -0.05) is 11.6 Å². The van der Waals surface area contributed by atoms with Crippen molar-refractivity contribution in [1.82, 2.24) is 9.78 Å². The first kappa shape index (κ1) is 9.93. The fourth-order valence-electron chi connectivity index (χ4n) is 1.30. The monoisotopic (exact) mass is 220 g/mol. The third kappa shape index (κ3) is 2.25. The second-order valence-corrected chi connectivity index (χ2v) is 3.58. The number of hydrogen-bond donors (Lipinski definition) is 0. The molecule has 0 radical (unpaired) electrons. The van der Waals surface area contributed by atoms with E-state index < -0.39 is 0 Å². The zero-order valence-electron chi connectivity index (χ0n) is 7.93. The molecular formula is C11H9ClN2O. The highest BCUT2D eigenvalue weighted by atomic mass is 35.5. The first-order valence-corrected chi connectivity index (χ1v) is 4.90. The fraction of sp³-hybridized carbons (Fsp3) is 0.0909. The highest BCUT2D eigenvalue weighted by Gasteiger charge is 1.99. The summed E-state index contributed by atoms with van der Waals surface area (Å²) in [5.41, 5.74) is 1.83. The van der Waals surface area contributed by atoms with Crippen molar-refractivity contribution >= 4 is 17.9 Å². The summed E-state index contributed by atoms with van der Waals surface area (Å²) in [6.45, 7) is 0. The summed E-state index contributed by atoms with van der Waals surface area (Å²) in [4.78, 5) is 10.3. The predicted octanol–water partition coefficient (Wildman–Crippen LogP) is 2.27. The maximum absolute atomic E-state index is 10.3. The van der Waals surface area contributed by atoms with Crippen LogP contribution in [0.5, 0.6) is 0 Å². The van der Waals surface area contributed by atoms with Gasteiger partial charge in [-0.25, -0.2) is 4.68 Å². The Morgan fingerprint density at radius 2 is 2.07 bits per heavy atom. The number of halogens is 1. The minimum absolute atomic E-state index is 0.396.